The lowest BCUT2D eigenvalue weighted by atomic mass is 9.92. The van der Waals surface area contributed by atoms with Gasteiger partial charge in [-0.2, -0.15) is 0 Å². The summed E-state index contributed by atoms with van der Waals surface area (Å²) in [7, 11) is 1.95. The third-order valence-electron chi connectivity index (χ3n) is 3.65. The molecule has 2 atom stereocenters. The zero-order chi connectivity index (χ0) is 14.4. The summed E-state index contributed by atoms with van der Waals surface area (Å²) in [5.74, 6) is -0.114. The number of rotatable bonds is 5. The second-order valence-electron chi connectivity index (χ2n) is 5.06. The predicted molar refractivity (Wildman–Crippen MR) is 83.8 cm³/mol. The number of hydrogen-bond acceptors (Lipinski definition) is 3. The molecule has 1 saturated carbocycles. The molecule has 110 valence electrons. The van der Waals surface area contributed by atoms with Crippen molar-refractivity contribution in [2.75, 3.05) is 19.0 Å². The van der Waals surface area contributed by atoms with E-state index >= 15 is 0 Å². The van der Waals surface area contributed by atoms with Gasteiger partial charge in [0.05, 0.1) is 11.8 Å². The molecule has 0 heterocycles. The Balaban J connectivity index is 1.81. The van der Waals surface area contributed by atoms with Gasteiger partial charge in [-0.3, -0.25) is 4.79 Å². The topological polar surface area (TPSA) is 50.4 Å². The molecule has 20 heavy (non-hydrogen) atoms. The fourth-order valence-corrected chi connectivity index (χ4v) is 2.94. The summed E-state index contributed by atoms with van der Waals surface area (Å²) < 4.78 is 6.64. The van der Waals surface area contributed by atoms with Gasteiger partial charge in [-0.05, 0) is 48.0 Å². The largest absolute Gasteiger partial charge is 0.367 e. The minimum atomic E-state index is -0.114. The molecule has 0 aliphatic heterocycles. The van der Waals surface area contributed by atoms with Gasteiger partial charge in [0.1, 0.15) is 6.61 Å². The number of ether oxygens (including phenoxy) is 1. The highest BCUT2D eigenvalue weighted by Gasteiger charge is 2.24. The second-order valence-corrected chi connectivity index (χ2v) is 5.91. The van der Waals surface area contributed by atoms with Crippen LogP contribution in [0, 0.1) is 0 Å². The van der Waals surface area contributed by atoms with Crippen LogP contribution in [0.3, 0.4) is 0 Å². The van der Waals surface area contributed by atoms with Gasteiger partial charge in [0.2, 0.25) is 5.91 Å². The number of carbonyl (C=O) groups excluding carboxylic acids is 1. The van der Waals surface area contributed by atoms with Crippen LogP contribution >= 0.6 is 15.9 Å². The van der Waals surface area contributed by atoms with Crippen LogP contribution in [0.1, 0.15) is 25.7 Å². The van der Waals surface area contributed by atoms with Crippen molar-refractivity contribution in [2.45, 2.75) is 37.8 Å². The molecule has 4 nitrogen and oxygen atoms in total. The Morgan fingerprint density at radius 3 is 2.85 bits per heavy atom. The summed E-state index contributed by atoms with van der Waals surface area (Å²) in [5.41, 5.74) is 0.773. The van der Waals surface area contributed by atoms with E-state index in [1.165, 1.54) is 12.8 Å². The first-order valence-corrected chi connectivity index (χ1v) is 7.83. The maximum atomic E-state index is 11.9. The van der Waals surface area contributed by atoms with E-state index in [1.807, 2.05) is 31.3 Å². The molecule has 1 fully saturated rings. The molecule has 1 aromatic carbocycles. The number of para-hydroxylation sites is 1. The highest BCUT2D eigenvalue weighted by molar-refractivity contribution is 9.10. The average molecular weight is 341 g/mol. The summed E-state index contributed by atoms with van der Waals surface area (Å²) in [5, 5.41) is 6.12. The lowest BCUT2D eigenvalue weighted by molar-refractivity contribution is -0.123. The Hall–Kier alpha value is -0.910. The van der Waals surface area contributed by atoms with Gasteiger partial charge in [-0.25, -0.2) is 0 Å². The molecule has 0 saturated heterocycles. The van der Waals surface area contributed by atoms with Crippen LogP contribution in [0.4, 0.5) is 5.69 Å². The van der Waals surface area contributed by atoms with Crippen molar-refractivity contribution < 1.29 is 9.53 Å². The summed E-state index contributed by atoms with van der Waals surface area (Å²) in [6.45, 7) is 0.101. The van der Waals surface area contributed by atoms with Gasteiger partial charge in [0, 0.05) is 10.5 Å². The van der Waals surface area contributed by atoms with Crippen molar-refractivity contribution in [3.63, 3.8) is 0 Å². The molecule has 5 heteroatoms. The first kappa shape index (κ1) is 15.5. The molecule has 2 rings (SSSR count). The van der Waals surface area contributed by atoms with E-state index in [2.05, 4.69) is 26.6 Å². The van der Waals surface area contributed by atoms with Crippen molar-refractivity contribution in [3.8, 4) is 0 Å². The van der Waals surface area contributed by atoms with E-state index in [1.54, 1.807) is 0 Å². The SMILES string of the molecule is CNC1CCCCC1OCC(=O)Nc1ccccc1Br. The first-order chi connectivity index (χ1) is 9.70. The number of halogens is 1. The minimum Gasteiger partial charge on any atom is -0.367 e. The lowest BCUT2D eigenvalue weighted by Gasteiger charge is -2.31. The van der Waals surface area contributed by atoms with Gasteiger partial charge < -0.3 is 15.4 Å². The summed E-state index contributed by atoms with van der Waals surface area (Å²) in [4.78, 5) is 11.9. The number of amides is 1. The number of carbonyl (C=O) groups is 1. The molecule has 0 radical (unpaired) electrons. The number of hydrogen-bond donors (Lipinski definition) is 2. The Morgan fingerprint density at radius 1 is 1.35 bits per heavy atom. The fourth-order valence-electron chi connectivity index (χ4n) is 2.56. The Kier molecular flexibility index (Phi) is 6.01. The Labute approximate surface area is 128 Å². The van der Waals surface area contributed by atoms with Crippen LogP contribution in [0.2, 0.25) is 0 Å². The average Bonchev–Trinajstić information content (AvgIpc) is 2.48. The van der Waals surface area contributed by atoms with Crippen molar-refractivity contribution in [1.82, 2.24) is 5.32 Å². The normalized spacial score (nSPS) is 22.5. The third-order valence-corrected chi connectivity index (χ3v) is 4.34. The standard InChI is InChI=1S/C15H21BrN2O2/c1-17-13-8-4-5-9-14(13)20-10-15(19)18-12-7-3-2-6-11(12)16/h2-3,6-7,13-14,17H,4-5,8-10H2,1H3,(H,18,19). The van der Waals surface area contributed by atoms with E-state index in [0.29, 0.717) is 6.04 Å². The van der Waals surface area contributed by atoms with Crippen molar-refractivity contribution in [3.05, 3.63) is 28.7 Å². The van der Waals surface area contributed by atoms with E-state index in [9.17, 15) is 4.79 Å². The maximum absolute atomic E-state index is 11.9. The molecule has 1 aliphatic rings. The summed E-state index contributed by atoms with van der Waals surface area (Å²) in [6.07, 6.45) is 4.68. The van der Waals surface area contributed by atoms with E-state index in [4.69, 9.17) is 4.74 Å². The molecule has 1 aromatic rings. The van der Waals surface area contributed by atoms with Crippen LogP contribution < -0.4 is 10.6 Å². The van der Waals surface area contributed by atoms with E-state index in [-0.39, 0.29) is 18.6 Å². The van der Waals surface area contributed by atoms with Crippen molar-refractivity contribution >= 4 is 27.5 Å². The van der Waals surface area contributed by atoms with Gasteiger partial charge in [0.15, 0.2) is 0 Å². The minimum absolute atomic E-state index is 0.101. The summed E-state index contributed by atoms with van der Waals surface area (Å²) in [6, 6.07) is 7.92. The molecule has 2 N–H and O–H groups in total. The van der Waals surface area contributed by atoms with Gasteiger partial charge in [0.25, 0.3) is 0 Å². The molecule has 1 aliphatic carbocycles. The molecule has 2 unspecified atom stereocenters. The lowest BCUT2D eigenvalue weighted by Crippen LogP contribution is -2.42. The van der Waals surface area contributed by atoms with Crippen molar-refractivity contribution in [2.24, 2.45) is 0 Å². The Bertz CT molecular complexity index is 453. The first-order valence-electron chi connectivity index (χ1n) is 7.04. The number of nitrogens with one attached hydrogen (secondary N) is 2. The van der Waals surface area contributed by atoms with Crippen LogP contribution in [-0.2, 0) is 9.53 Å². The third kappa shape index (κ3) is 4.30. The maximum Gasteiger partial charge on any atom is 0.250 e. The van der Waals surface area contributed by atoms with Gasteiger partial charge in [-0.1, -0.05) is 25.0 Å². The molecule has 1 amide bonds. The van der Waals surface area contributed by atoms with Crippen LogP contribution in [-0.4, -0.2) is 31.7 Å². The second kappa shape index (κ2) is 7.76. The molecule has 0 bridgehead atoms. The van der Waals surface area contributed by atoms with Gasteiger partial charge in [-0.15, -0.1) is 0 Å². The van der Waals surface area contributed by atoms with E-state index in [0.717, 1.165) is 23.0 Å². The number of likely N-dealkylation sites (N-methyl/N-ethyl adjacent to an activating group) is 1. The van der Waals surface area contributed by atoms with Gasteiger partial charge >= 0.3 is 0 Å². The number of anilines is 1. The zero-order valence-corrected chi connectivity index (χ0v) is 13.3. The molecule has 0 aromatic heterocycles. The molecule has 0 spiro atoms. The predicted octanol–water partition coefficient (Wildman–Crippen LogP) is 2.93. The van der Waals surface area contributed by atoms with Crippen LogP contribution in [0.25, 0.3) is 0 Å². The molecular weight excluding hydrogens is 320 g/mol. The number of benzene rings is 1. The van der Waals surface area contributed by atoms with E-state index < -0.39 is 0 Å². The smallest absolute Gasteiger partial charge is 0.250 e. The quantitative estimate of drug-likeness (QED) is 0.866. The monoisotopic (exact) mass is 340 g/mol. The zero-order valence-electron chi connectivity index (χ0n) is 11.7. The molecular formula is C15H21BrN2O2. The Morgan fingerprint density at radius 2 is 2.10 bits per heavy atom. The fraction of sp³-hybridized carbons (Fsp3) is 0.533. The van der Waals surface area contributed by atoms with Crippen molar-refractivity contribution in [1.29, 1.82) is 0 Å². The van der Waals surface area contributed by atoms with Crippen LogP contribution in [0.5, 0.6) is 0 Å². The highest BCUT2D eigenvalue weighted by Crippen LogP contribution is 2.22. The van der Waals surface area contributed by atoms with Crippen LogP contribution in [0.15, 0.2) is 28.7 Å². The highest BCUT2D eigenvalue weighted by atomic mass is 79.9. The summed E-state index contributed by atoms with van der Waals surface area (Å²) >= 11 is 3.41.